The number of aryl methyl sites for hydroxylation is 1. The van der Waals surface area contributed by atoms with Gasteiger partial charge in [0.15, 0.2) is 0 Å². The van der Waals surface area contributed by atoms with Gasteiger partial charge in [0.05, 0.1) is 12.6 Å². The maximum absolute atomic E-state index is 12.7. The van der Waals surface area contributed by atoms with Gasteiger partial charge in [-0.2, -0.15) is 0 Å². The molecule has 1 aliphatic rings. The van der Waals surface area contributed by atoms with Crippen molar-refractivity contribution in [2.75, 3.05) is 18.1 Å². The third-order valence-corrected chi connectivity index (χ3v) is 4.10. The molecule has 0 radical (unpaired) electrons. The average molecular weight is 322 g/mol. The molecule has 4 nitrogen and oxygen atoms in total. The molecule has 0 aliphatic carbocycles. The Morgan fingerprint density at radius 3 is 2.79 bits per heavy atom. The van der Waals surface area contributed by atoms with Crippen LogP contribution in [0.3, 0.4) is 0 Å². The van der Waals surface area contributed by atoms with Gasteiger partial charge in [-0.15, -0.1) is 0 Å². The van der Waals surface area contributed by atoms with Crippen molar-refractivity contribution in [1.29, 1.82) is 0 Å². The van der Waals surface area contributed by atoms with Crippen LogP contribution >= 0.6 is 0 Å². The Balaban J connectivity index is 1.76. The van der Waals surface area contributed by atoms with Gasteiger partial charge in [-0.25, -0.2) is 4.98 Å². The Hall–Kier alpha value is -2.46. The molecule has 1 aromatic carbocycles. The summed E-state index contributed by atoms with van der Waals surface area (Å²) < 4.78 is 5.69. The maximum Gasteiger partial charge on any atom is 0.252 e. The van der Waals surface area contributed by atoms with Gasteiger partial charge >= 0.3 is 0 Å². The zero-order valence-electron chi connectivity index (χ0n) is 13.9. The highest BCUT2D eigenvalue weighted by Gasteiger charge is 2.23. The number of pyridine rings is 1. The fourth-order valence-corrected chi connectivity index (χ4v) is 2.74. The van der Waals surface area contributed by atoms with Crippen LogP contribution in [0.2, 0.25) is 0 Å². The summed E-state index contributed by atoms with van der Waals surface area (Å²) >= 11 is 0. The molecule has 0 N–H and O–H groups in total. The first kappa shape index (κ1) is 16.4. The number of aromatic nitrogens is 1. The summed E-state index contributed by atoms with van der Waals surface area (Å²) in [6, 6.07) is 13.7. The Labute approximate surface area is 142 Å². The van der Waals surface area contributed by atoms with Crippen LogP contribution in [-0.2, 0) is 9.53 Å². The number of ether oxygens (including phenoxy) is 1. The number of hydrogen-bond donors (Lipinski definition) is 0. The van der Waals surface area contributed by atoms with E-state index in [9.17, 15) is 4.79 Å². The van der Waals surface area contributed by atoms with Gasteiger partial charge in [0, 0.05) is 18.9 Å². The van der Waals surface area contributed by atoms with Gasteiger partial charge in [0.1, 0.15) is 5.82 Å². The largest absolute Gasteiger partial charge is 0.376 e. The van der Waals surface area contributed by atoms with Crippen molar-refractivity contribution in [1.82, 2.24) is 4.98 Å². The minimum Gasteiger partial charge on any atom is -0.376 e. The third kappa shape index (κ3) is 4.30. The number of anilines is 1. The Morgan fingerprint density at radius 2 is 2.12 bits per heavy atom. The Bertz CT molecular complexity index is 689. The molecule has 24 heavy (non-hydrogen) atoms. The van der Waals surface area contributed by atoms with Crippen LogP contribution in [-0.4, -0.2) is 30.1 Å². The highest BCUT2D eigenvalue weighted by Crippen LogP contribution is 2.18. The fraction of sp³-hybridized carbons (Fsp3) is 0.300. The van der Waals surface area contributed by atoms with E-state index in [1.165, 1.54) is 5.56 Å². The summed E-state index contributed by atoms with van der Waals surface area (Å²) in [4.78, 5) is 18.7. The summed E-state index contributed by atoms with van der Waals surface area (Å²) in [5.74, 6) is 0.580. The number of rotatable bonds is 5. The first-order valence-corrected chi connectivity index (χ1v) is 8.31. The van der Waals surface area contributed by atoms with Crippen LogP contribution in [0.25, 0.3) is 6.08 Å². The Morgan fingerprint density at radius 1 is 1.29 bits per heavy atom. The fourth-order valence-electron chi connectivity index (χ4n) is 2.74. The number of carbonyl (C=O) groups excluding carboxylic acids is 1. The molecule has 2 heterocycles. The molecule has 0 spiro atoms. The summed E-state index contributed by atoms with van der Waals surface area (Å²) in [6.07, 6.45) is 7.27. The summed E-state index contributed by atoms with van der Waals surface area (Å²) in [6.45, 7) is 3.35. The summed E-state index contributed by atoms with van der Waals surface area (Å²) in [7, 11) is 0. The molecule has 1 aliphatic heterocycles. The van der Waals surface area contributed by atoms with Crippen molar-refractivity contribution in [2.45, 2.75) is 25.9 Å². The van der Waals surface area contributed by atoms with Crippen LogP contribution in [0.15, 0.2) is 54.7 Å². The molecule has 0 saturated carbocycles. The molecular weight excluding hydrogens is 300 g/mol. The molecule has 2 aromatic rings. The molecule has 1 saturated heterocycles. The van der Waals surface area contributed by atoms with Crippen LogP contribution in [0.5, 0.6) is 0 Å². The molecule has 1 fully saturated rings. The van der Waals surface area contributed by atoms with E-state index in [-0.39, 0.29) is 12.0 Å². The van der Waals surface area contributed by atoms with Gasteiger partial charge in [0.2, 0.25) is 0 Å². The highest BCUT2D eigenvalue weighted by molar-refractivity contribution is 6.03. The second-order valence-corrected chi connectivity index (χ2v) is 6.02. The van der Waals surface area contributed by atoms with Crippen molar-refractivity contribution < 1.29 is 9.53 Å². The van der Waals surface area contributed by atoms with Crippen molar-refractivity contribution >= 4 is 17.8 Å². The monoisotopic (exact) mass is 322 g/mol. The van der Waals surface area contributed by atoms with E-state index in [0.29, 0.717) is 12.4 Å². The summed E-state index contributed by atoms with van der Waals surface area (Å²) in [5, 5.41) is 0. The lowest BCUT2D eigenvalue weighted by molar-refractivity contribution is -0.114. The minimum absolute atomic E-state index is 0.0789. The van der Waals surface area contributed by atoms with E-state index in [2.05, 4.69) is 4.98 Å². The molecule has 1 atom stereocenters. The van der Waals surface area contributed by atoms with Crippen LogP contribution in [0, 0.1) is 6.92 Å². The average Bonchev–Trinajstić information content (AvgIpc) is 3.13. The molecule has 1 aromatic heterocycles. The molecule has 1 unspecified atom stereocenters. The first-order valence-electron chi connectivity index (χ1n) is 8.31. The molecule has 1 amide bonds. The predicted molar refractivity (Wildman–Crippen MR) is 95.8 cm³/mol. The van der Waals surface area contributed by atoms with Gasteiger partial charge in [0.25, 0.3) is 5.91 Å². The maximum atomic E-state index is 12.7. The Kier molecular flexibility index (Phi) is 5.39. The predicted octanol–water partition coefficient (Wildman–Crippen LogP) is 3.62. The van der Waals surface area contributed by atoms with E-state index in [1.807, 2.05) is 55.5 Å². The molecule has 0 bridgehead atoms. The SMILES string of the molecule is Cc1ccc(C=CC(=O)N(CC2CCCO2)c2ccccn2)cc1. The quantitative estimate of drug-likeness (QED) is 0.790. The molecule has 124 valence electrons. The van der Waals surface area contributed by atoms with E-state index in [0.717, 1.165) is 25.0 Å². The highest BCUT2D eigenvalue weighted by atomic mass is 16.5. The molecule has 4 heteroatoms. The van der Waals surface area contributed by atoms with Gasteiger partial charge in [-0.05, 0) is 43.5 Å². The van der Waals surface area contributed by atoms with Crippen molar-refractivity contribution in [3.8, 4) is 0 Å². The van der Waals surface area contributed by atoms with E-state index in [1.54, 1.807) is 17.2 Å². The van der Waals surface area contributed by atoms with Crippen LogP contribution in [0.1, 0.15) is 24.0 Å². The van der Waals surface area contributed by atoms with Crippen LogP contribution in [0.4, 0.5) is 5.82 Å². The second kappa shape index (κ2) is 7.88. The molecule has 3 rings (SSSR count). The number of hydrogen-bond acceptors (Lipinski definition) is 3. The van der Waals surface area contributed by atoms with Gasteiger partial charge in [-0.1, -0.05) is 35.9 Å². The topological polar surface area (TPSA) is 42.4 Å². The van der Waals surface area contributed by atoms with Crippen molar-refractivity contribution in [3.63, 3.8) is 0 Å². The smallest absolute Gasteiger partial charge is 0.252 e. The zero-order valence-corrected chi connectivity index (χ0v) is 13.9. The van der Waals surface area contributed by atoms with E-state index < -0.39 is 0 Å². The number of benzene rings is 1. The van der Waals surface area contributed by atoms with Gasteiger partial charge < -0.3 is 4.74 Å². The summed E-state index contributed by atoms with van der Waals surface area (Å²) in [5.41, 5.74) is 2.21. The lowest BCUT2D eigenvalue weighted by Gasteiger charge is -2.23. The van der Waals surface area contributed by atoms with E-state index >= 15 is 0 Å². The van der Waals surface area contributed by atoms with E-state index in [4.69, 9.17) is 4.74 Å². The number of amides is 1. The number of carbonyl (C=O) groups is 1. The van der Waals surface area contributed by atoms with Crippen molar-refractivity contribution in [2.24, 2.45) is 0 Å². The molecular formula is C20H22N2O2. The lowest BCUT2D eigenvalue weighted by Crippen LogP contribution is -2.37. The second-order valence-electron chi connectivity index (χ2n) is 6.02. The normalized spacial score (nSPS) is 17.3. The first-order chi connectivity index (χ1) is 11.7. The standard InChI is InChI=1S/C20H22N2O2/c1-16-7-9-17(10-8-16)11-12-20(23)22(15-18-5-4-14-24-18)19-6-2-3-13-21-19/h2-3,6-13,18H,4-5,14-15H2,1H3. The zero-order chi connectivity index (χ0) is 16.8. The van der Waals surface area contributed by atoms with Crippen molar-refractivity contribution in [3.05, 3.63) is 65.9 Å². The number of nitrogens with zero attached hydrogens (tertiary/aromatic N) is 2. The third-order valence-electron chi connectivity index (χ3n) is 4.10. The van der Waals surface area contributed by atoms with Crippen LogP contribution < -0.4 is 4.90 Å². The van der Waals surface area contributed by atoms with Gasteiger partial charge in [-0.3, -0.25) is 9.69 Å². The minimum atomic E-state index is -0.0789. The lowest BCUT2D eigenvalue weighted by atomic mass is 10.1.